The molecule has 0 bridgehead atoms. The van der Waals surface area contributed by atoms with Crippen LogP contribution in [0.15, 0.2) is 164 Å². The number of carbonyl (C=O) groups is 5. The molecule has 372 valence electrons. The van der Waals surface area contributed by atoms with Gasteiger partial charge in [-0.25, -0.2) is 14.5 Å². The number of phenolic OH excluding ortho intramolecular Hbond substituents is 1. The lowest BCUT2D eigenvalue weighted by Crippen LogP contribution is -2.58. The average Bonchev–Trinajstić information content (AvgIpc) is 3.90. The highest BCUT2D eigenvalue weighted by molar-refractivity contribution is 6.25. The molecule has 4 amide bonds. The third-order valence-electron chi connectivity index (χ3n) is 14.1. The van der Waals surface area contributed by atoms with Crippen molar-refractivity contribution in [3.63, 3.8) is 0 Å². The number of aliphatic hydroxyl groups is 1. The fraction of sp³-hybridized carbons (Fsp3) is 0.271. The second-order valence-electron chi connectivity index (χ2n) is 19.1. The molecule has 0 aliphatic carbocycles. The van der Waals surface area contributed by atoms with Gasteiger partial charge >= 0.3 is 18.0 Å². The van der Waals surface area contributed by atoms with E-state index in [9.17, 15) is 15.0 Å². The van der Waals surface area contributed by atoms with E-state index in [-0.39, 0.29) is 23.5 Å². The van der Waals surface area contributed by atoms with Crippen molar-refractivity contribution >= 4 is 35.5 Å². The molecular formula is C59H57N5O9. The van der Waals surface area contributed by atoms with Crippen LogP contribution < -0.4 is 15.5 Å². The summed E-state index contributed by atoms with van der Waals surface area (Å²) in [4.78, 5) is 81.1. The summed E-state index contributed by atoms with van der Waals surface area (Å²) in [7, 11) is 3.16. The third kappa shape index (κ3) is 9.58. The summed E-state index contributed by atoms with van der Waals surface area (Å²) >= 11 is 0. The van der Waals surface area contributed by atoms with Gasteiger partial charge in [0.2, 0.25) is 11.8 Å². The number of morpholine rings is 1. The Morgan fingerprint density at radius 3 is 2.04 bits per heavy atom. The van der Waals surface area contributed by atoms with Crippen LogP contribution >= 0.6 is 0 Å². The average molecular weight is 980 g/mol. The molecule has 3 heterocycles. The minimum atomic E-state index is -2.16. The monoisotopic (exact) mass is 979 g/mol. The van der Waals surface area contributed by atoms with E-state index >= 15 is 19.2 Å². The summed E-state index contributed by atoms with van der Waals surface area (Å²) in [6.07, 6.45) is -2.16. The molecular weight excluding hydrogens is 923 g/mol. The molecule has 9 rings (SSSR count). The van der Waals surface area contributed by atoms with Crippen molar-refractivity contribution in [2.24, 2.45) is 11.8 Å². The Labute approximate surface area is 424 Å². The number of cyclic esters (lactones) is 1. The lowest BCUT2D eigenvalue weighted by Gasteiger charge is -2.46. The zero-order valence-corrected chi connectivity index (χ0v) is 40.9. The number of urea groups is 1. The van der Waals surface area contributed by atoms with Gasteiger partial charge in [0.05, 0.1) is 43.4 Å². The van der Waals surface area contributed by atoms with E-state index in [2.05, 4.69) is 27.4 Å². The summed E-state index contributed by atoms with van der Waals surface area (Å²) < 4.78 is 11.6. The fourth-order valence-corrected chi connectivity index (χ4v) is 10.8. The van der Waals surface area contributed by atoms with Crippen LogP contribution in [0, 0.1) is 23.7 Å². The van der Waals surface area contributed by atoms with Gasteiger partial charge in [-0.3, -0.25) is 24.2 Å². The smallest absolute Gasteiger partial charge is 0.329 e. The first-order chi connectivity index (χ1) is 35.3. The lowest BCUT2D eigenvalue weighted by molar-refractivity contribution is -0.178. The number of esters is 2. The summed E-state index contributed by atoms with van der Waals surface area (Å²) in [5, 5.41) is 28.0. The van der Waals surface area contributed by atoms with Crippen molar-refractivity contribution in [2.45, 2.75) is 62.2 Å². The van der Waals surface area contributed by atoms with Crippen molar-refractivity contribution in [1.29, 1.82) is 0 Å². The number of aromatic hydroxyl groups is 1. The number of carbonyl (C=O) groups excluding carboxylic acids is 5. The summed E-state index contributed by atoms with van der Waals surface area (Å²) in [6, 6.07) is 42.8. The zero-order valence-electron chi connectivity index (χ0n) is 40.9. The van der Waals surface area contributed by atoms with E-state index in [1.54, 1.807) is 74.5 Å². The number of hydrogen-bond acceptors (Lipinski definition) is 11. The topological polar surface area (TPSA) is 178 Å². The van der Waals surface area contributed by atoms with E-state index < -0.39 is 83.4 Å². The molecule has 6 aromatic rings. The molecule has 0 radical (unpaired) electrons. The highest BCUT2D eigenvalue weighted by Crippen LogP contribution is 2.66. The van der Waals surface area contributed by atoms with Gasteiger partial charge < -0.3 is 30.3 Å². The molecule has 0 saturated carbocycles. The quantitative estimate of drug-likeness (QED) is 0.0675. The molecule has 3 aliphatic rings. The van der Waals surface area contributed by atoms with Crippen molar-refractivity contribution in [3.8, 4) is 17.6 Å². The number of aliphatic hydroxyl groups excluding tert-OH is 1. The molecule has 2 saturated heterocycles. The number of hydrogen-bond donors (Lipinski definition) is 4. The van der Waals surface area contributed by atoms with Crippen LogP contribution in [-0.4, -0.2) is 89.1 Å². The number of phenols is 1. The molecule has 8 atom stereocenters. The number of ether oxygens (including phenoxy) is 2. The molecule has 14 nitrogen and oxygen atoms in total. The highest BCUT2D eigenvalue weighted by Gasteiger charge is 2.75. The summed E-state index contributed by atoms with van der Waals surface area (Å²) in [5.74, 6) is 1.15. The Morgan fingerprint density at radius 2 is 1.41 bits per heavy atom. The molecule has 4 N–H and O–H groups in total. The Hall–Kier alpha value is -8.09. The highest BCUT2D eigenvalue weighted by atomic mass is 16.6. The maximum Gasteiger partial charge on any atom is 0.329 e. The standard InChI is InChI=1S/C59H57N5O9/c1-37(2)49(55(68)72-4)61-58(71)63-46-32-27-38(20-17-33-62(3)36-39-18-9-5-10-19-39)34-45(46)59(57(63)70)48(54(67)60-35-47(66)40-21-11-6-12-22-40)51-56(69)73-52(42-25-15-8-16-26-42)50(41-23-13-7-14-24-41)64(51)53(59)43-28-30-44(65)31-29-43/h5-16,18-19,21-32,34,37,47-53,65-66H,33,35-36H2,1-4H3,(H,60,67)(H,61,71)/t47-,48-,49-,50-,51-,52+,53+,59-/m0/s1. The SMILES string of the molecule is COC(=O)[C@@H](NC(=O)N1C(=O)[C@@]2(c3cc(C#CCN(C)Cc4ccccc4)ccc31)[C@H](C(=O)NC[C@H](O)c1ccccc1)[C@H]1C(=O)O[C@H](c3ccccc3)[C@H](c3ccccc3)N1[C@@H]2c1ccc(O)cc1)C(C)C. The number of anilines is 1. The zero-order chi connectivity index (χ0) is 51.4. The van der Waals surface area contributed by atoms with Gasteiger partial charge in [0.1, 0.15) is 29.4 Å². The van der Waals surface area contributed by atoms with Gasteiger partial charge in [-0.2, -0.15) is 0 Å². The van der Waals surface area contributed by atoms with Crippen LogP contribution in [0.5, 0.6) is 5.75 Å². The lowest BCUT2D eigenvalue weighted by atomic mass is 9.65. The number of nitrogens with zero attached hydrogens (tertiary/aromatic N) is 3. The number of fused-ring (bicyclic) bond motifs is 3. The Bertz CT molecular complexity index is 3040. The van der Waals surface area contributed by atoms with Gasteiger partial charge in [-0.05, 0) is 76.7 Å². The van der Waals surface area contributed by atoms with E-state index in [0.29, 0.717) is 40.9 Å². The number of benzene rings is 6. The maximum absolute atomic E-state index is 16.6. The van der Waals surface area contributed by atoms with Gasteiger partial charge in [0.25, 0.3) is 0 Å². The van der Waals surface area contributed by atoms with Gasteiger partial charge in [-0.15, -0.1) is 0 Å². The van der Waals surface area contributed by atoms with E-state index in [1.807, 2.05) is 103 Å². The van der Waals surface area contributed by atoms with Gasteiger partial charge in [0.15, 0.2) is 0 Å². The number of imide groups is 1. The first-order valence-corrected chi connectivity index (χ1v) is 24.3. The number of methoxy groups -OCH3 is 1. The van der Waals surface area contributed by atoms with E-state index in [1.165, 1.54) is 19.2 Å². The normalized spacial score (nSPS) is 21.9. The number of rotatable bonds is 13. The molecule has 73 heavy (non-hydrogen) atoms. The van der Waals surface area contributed by atoms with E-state index in [4.69, 9.17) is 9.47 Å². The van der Waals surface area contributed by atoms with Crippen LogP contribution in [0.25, 0.3) is 0 Å². The van der Waals surface area contributed by atoms with Crippen LogP contribution in [0.2, 0.25) is 0 Å². The molecule has 0 unspecified atom stereocenters. The minimum Gasteiger partial charge on any atom is -0.508 e. The van der Waals surface area contributed by atoms with Crippen molar-refractivity contribution < 1.29 is 43.7 Å². The fourth-order valence-electron chi connectivity index (χ4n) is 10.8. The predicted molar refractivity (Wildman–Crippen MR) is 273 cm³/mol. The Balaban J connectivity index is 1.29. The molecule has 1 spiro atoms. The Morgan fingerprint density at radius 1 is 0.795 bits per heavy atom. The van der Waals surface area contributed by atoms with Crippen LogP contribution in [-0.2, 0) is 40.6 Å². The predicted octanol–water partition coefficient (Wildman–Crippen LogP) is 7.30. The van der Waals surface area contributed by atoms with Gasteiger partial charge in [0, 0.05) is 18.7 Å². The molecule has 2 fully saturated rings. The summed E-state index contributed by atoms with van der Waals surface area (Å²) in [6.45, 7) is 4.14. The third-order valence-corrected chi connectivity index (χ3v) is 14.1. The van der Waals surface area contributed by atoms with Crippen LogP contribution in [0.3, 0.4) is 0 Å². The molecule has 3 aliphatic heterocycles. The largest absolute Gasteiger partial charge is 0.508 e. The molecule has 0 aromatic heterocycles. The van der Waals surface area contributed by atoms with Crippen molar-refractivity contribution in [1.82, 2.24) is 20.4 Å². The van der Waals surface area contributed by atoms with Crippen molar-refractivity contribution in [2.75, 3.05) is 32.1 Å². The molecule has 6 aromatic carbocycles. The van der Waals surface area contributed by atoms with E-state index in [0.717, 1.165) is 10.5 Å². The van der Waals surface area contributed by atoms with Gasteiger partial charge in [-0.1, -0.05) is 159 Å². The minimum absolute atomic E-state index is 0.0761. The molecule has 14 heteroatoms. The second kappa shape index (κ2) is 21.3. The van der Waals surface area contributed by atoms with Crippen LogP contribution in [0.4, 0.5) is 10.5 Å². The van der Waals surface area contributed by atoms with Crippen LogP contribution in [0.1, 0.15) is 77.1 Å². The summed E-state index contributed by atoms with van der Waals surface area (Å²) in [5.41, 5.74) is 2.01. The van der Waals surface area contributed by atoms with Crippen molar-refractivity contribution in [3.05, 3.63) is 203 Å². The second-order valence-corrected chi connectivity index (χ2v) is 19.1. The first kappa shape index (κ1) is 49.9. The maximum atomic E-state index is 16.6. The first-order valence-electron chi connectivity index (χ1n) is 24.3. The number of nitrogens with one attached hydrogen (secondary N) is 2. The number of amides is 4. The Kier molecular flexibility index (Phi) is 14.6.